The number of ether oxygens (including phenoxy) is 1. The topological polar surface area (TPSA) is 46.5 Å². The lowest BCUT2D eigenvalue weighted by atomic mass is 10.1. The second kappa shape index (κ2) is 4.37. The molecule has 1 heterocycles. The number of carbonyl (C=O) groups is 1. The number of hydrogen-bond donors (Lipinski definition) is 1. The summed E-state index contributed by atoms with van der Waals surface area (Å²) in [5.41, 5.74) is 0.872. The number of carbonyl (C=O) groups excluding carboxylic acids is 1. The molecule has 0 bridgehead atoms. The normalized spacial score (nSPS) is 10.1. The van der Waals surface area contributed by atoms with Crippen molar-refractivity contribution < 1.29 is 14.6 Å². The van der Waals surface area contributed by atoms with E-state index >= 15 is 0 Å². The lowest BCUT2D eigenvalue weighted by molar-refractivity contribution is 0.112. The van der Waals surface area contributed by atoms with Gasteiger partial charge in [-0.1, -0.05) is 0 Å². The SMILES string of the molecule is COc1ccc(-c2ccc(C=O)s2)cc1O. The van der Waals surface area contributed by atoms with Crippen LogP contribution in [-0.2, 0) is 0 Å². The summed E-state index contributed by atoms with van der Waals surface area (Å²) in [6, 6.07) is 8.78. The molecule has 2 rings (SSSR count). The van der Waals surface area contributed by atoms with Crippen molar-refractivity contribution in [2.75, 3.05) is 7.11 Å². The first-order chi connectivity index (χ1) is 7.74. The molecule has 0 atom stereocenters. The molecule has 0 aliphatic rings. The number of hydrogen-bond acceptors (Lipinski definition) is 4. The Hall–Kier alpha value is -1.81. The van der Waals surface area contributed by atoms with Crippen molar-refractivity contribution >= 4 is 17.6 Å². The molecule has 0 amide bonds. The Kier molecular flexibility index (Phi) is 2.92. The highest BCUT2D eigenvalue weighted by Gasteiger charge is 2.06. The van der Waals surface area contributed by atoms with E-state index in [-0.39, 0.29) is 5.75 Å². The summed E-state index contributed by atoms with van der Waals surface area (Å²) in [6.45, 7) is 0. The van der Waals surface area contributed by atoms with Gasteiger partial charge in [0.15, 0.2) is 17.8 Å². The first-order valence-corrected chi connectivity index (χ1v) is 5.48. The molecule has 0 fully saturated rings. The first-order valence-electron chi connectivity index (χ1n) is 4.67. The van der Waals surface area contributed by atoms with Gasteiger partial charge >= 0.3 is 0 Å². The Bertz CT molecular complexity index is 517. The Balaban J connectivity index is 2.40. The van der Waals surface area contributed by atoms with Gasteiger partial charge in [-0.05, 0) is 35.9 Å². The molecule has 0 spiro atoms. The largest absolute Gasteiger partial charge is 0.504 e. The number of aldehydes is 1. The minimum atomic E-state index is 0.0982. The number of aromatic hydroxyl groups is 1. The van der Waals surface area contributed by atoms with Gasteiger partial charge in [0.1, 0.15) is 0 Å². The molecular formula is C12H10O3S. The fourth-order valence-electron chi connectivity index (χ4n) is 1.41. The van der Waals surface area contributed by atoms with Crippen molar-refractivity contribution in [3.05, 3.63) is 35.2 Å². The maximum atomic E-state index is 10.6. The fraction of sp³-hybridized carbons (Fsp3) is 0.0833. The van der Waals surface area contributed by atoms with E-state index in [1.807, 2.05) is 12.1 Å². The van der Waals surface area contributed by atoms with Gasteiger partial charge in [0.25, 0.3) is 0 Å². The van der Waals surface area contributed by atoms with Crippen molar-refractivity contribution in [3.8, 4) is 21.9 Å². The van der Waals surface area contributed by atoms with Crippen LogP contribution in [0.4, 0.5) is 0 Å². The lowest BCUT2D eigenvalue weighted by Crippen LogP contribution is -1.83. The number of thiophene rings is 1. The molecule has 16 heavy (non-hydrogen) atoms. The molecule has 82 valence electrons. The third-order valence-corrected chi connectivity index (χ3v) is 3.27. The molecule has 3 nitrogen and oxygen atoms in total. The van der Waals surface area contributed by atoms with Crippen LogP contribution in [-0.4, -0.2) is 18.5 Å². The summed E-state index contributed by atoms with van der Waals surface area (Å²) in [5, 5.41) is 9.63. The number of rotatable bonds is 3. The molecule has 0 unspecified atom stereocenters. The van der Waals surface area contributed by atoms with Gasteiger partial charge in [-0.15, -0.1) is 11.3 Å². The van der Waals surface area contributed by atoms with E-state index in [0.717, 1.165) is 16.7 Å². The van der Waals surface area contributed by atoms with Gasteiger partial charge in [-0.25, -0.2) is 0 Å². The average Bonchev–Trinajstić information content (AvgIpc) is 2.77. The first kappa shape index (κ1) is 10.7. The van der Waals surface area contributed by atoms with E-state index in [9.17, 15) is 9.90 Å². The Morgan fingerprint density at radius 3 is 2.69 bits per heavy atom. The third-order valence-electron chi connectivity index (χ3n) is 2.21. The molecule has 4 heteroatoms. The van der Waals surface area contributed by atoms with Crippen LogP contribution in [0.2, 0.25) is 0 Å². The lowest BCUT2D eigenvalue weighted by Gasteiger charge is -2.04. The number of benzene rings is 1. The van der Waals surface area contributed by atoms with Gasteiger partial charge in [0.05, 0.1) is 12.0 Å². The minimum absolute atomic E-state index is 0.0982. The van der Waals surface area contributed by atoms with Crippen LogP contribution in [0, 0.1) is 0 Å². The number of phenolic OH excluding ortho intramolecular Hbond substituents is 1. The molecule has 0 aliphatic heterocycles. The second-order valence-corrected chi connectivity index (χ2v) is 4.32. The number of phenols is 1. The van der Waals surface area contributed by atoms with E-state index in [0.29, 0.717) is 10.6 Å². The van der Waals surface area contributed by atoms with Crippen LogP contribution in [0.5, 0.6) is 11.5 Å². The van der Waals surface area contributed by atoms with Crippen LogP contribution in [0.3, 0.4) is 0 Å². The summed E-state index contributed by atoms with van der Waals surface area (Å²) >= 11 is 1.39. The molecule has 1 aromatic heterocycles. The summed E-state index contributed by atoms with van der Waals surface area (Å²) in [5.74, 6) is 0.539. The second-order valence-electron chi connectivity index (χ2n) is 3.21. The van der Waals surface area contributed by atoms with Crippen LogP contribution in [0.1, 0.15) is 9.67 Å². The molecular weight excluding hydrogens is 224 g/mol. The van der Waals surface area contributed by atoms with Gasteiger partial charge in [0, 0.05) is 4.88 Å². The third kappa shape index (κ3) is 1.92. The molecule has 0 aliphatic carbocycles. The zero-order valence-corrected chi connectivity index (χ0v) is 9.45. The smallest absolute Gasteiger partial charge is 0.160 e. The fourth-order valence-corrected chi connectivity index (χ4v) is 2.23. The van der Waals surface area contributed by atoms with E-state index in [4.69, 9.17) is 4.74 Å². The van der Waals surface area contributed by atoms with Gasteiger partial charge in [-0.2, -0.15) is 0 Å². The van der Waals surface area contributed by atoms with Crippen molar-refractivity contribution in [2.45, 2.75) is 0 Å². The Labute approximate surface area is 96.9 Å². The van der Waals surface area contributed by atoms with Gasteiger partial charge in [-0.3, -0.25) is 4.79 Å². The molecule has 2 aromatic rings. The Morgan fingerprint density at radius 2 is 2.12 bits per heavy atom. The zero-order chi connectivity index (χ0) is 11.5. The predicted molar refractivity (Wildman–Crippen MR) is 63.4 cm³/mol. The number of methoxy groups -OCH3 is 1. The van der Waals surface area contributed by atoms with Crippen molar-refractivity contribution in [3.63, 3.8) is 0 Å². The maximum Gasteiger partial charge on any atom is 0.160 e. The van der Waals surface area contributed by atoms with E-state index in [2.05, 4.69) is 0 Å². The maximum absolute atomic E-state index is 10.6. The van der Waals surface area contributed by atoms with E-state index < -0.39 is 0 Å². The molecule has 0 saturated heterocycles. The van der Waals surface area contributed by atoms with Gasteiger partial charge in [0.2, 0.25) is 0 Å². The monoisotopic (exact) mass is 234 g/mol. The van der Waals surface area contributed by atoms with Crippen LogP contribution in [0.15, 0.2) is 30.3 Å². The summed E-state index contributed by atoms with van der Waals surface area (Å²) in [7, 11) is 1.50. The van der Waals surface area contributed by atoms with E-state index in [1.54, 1.807) is 18.2 Å². The predicted octanol–water partition coefficient (Wildman–Crippen LogP) is 2.94. The van der Waals surface area contributed by atoms with Crippen LogP contribution in [0.25, 0.3) is 10.4 Å². The zero-order valence-electron chi connectivity index (χ0n) is 8.64. The highest BCUT2D eigenvalue weighted by atomic mass is 32.1. The molecule has 0 saturated carbocycles. The van der Waals surface area contributed by atoms with Crippen LogP contribution >= 0.6 is 11.3 Å². The van der Waals surface area contributed by atoms with Crippen molar-refractivity contribution in [2.24, 2.45) is 0 Å². The highest BCUT2D eigenvalue weighted by Crippen LogP contribution is 2.34. The Morgan fingerprint density at radius 1 is 1.31 bits per heavy atom. The van der Waals surface area contributed by atoms with Crippen molar-refractivity contribution in [1.29, 1.82) is 0 Å². The van der Waals surface area contributed by atoms with E-state index in [1.165, 1.54) is 18.4 Å². The van der Waals surface area contributed by atoms with Crippen LogP contribution < -0.4 is 4.74 Å². The van der Waals surface area contributed by atoms with Crippen molar-refractivity contribution in [1.82, 2.24) is 0 Å². The minimum Gasteiger partial charge on any atom is -0.504 e. The summed E-state index contributed by atoms with van der Waals surface area (Å²) in [4.78, 5) is 12.2. The summed E-state index contributed by atoms with van der Waals surface area (Å²) in [6.07, 6.45) is 0.817. The molecule has 1 N–H and O–H groups in total. The van der Waals surface area contributed by atoms with Gasteiger partial charge < -0.3 is 9.84 Å². The molecule has 0 radical (unpaired) electrons. The summed E-state index contributed by atoms with van der Waals surface area (Å²) < 4.78 is 4.96. The quantitative estimate of drug-likeness (QED) is 0.830. The standard InChI is InChI=1S/C12H10O3S/c1-15-11-4-2-8(6-10(11)14)12-5-3-9(7-13)16-12/h2-7,14H,1H3. The average molecular weight is 234 g/mol. The molecule has 1 aromatic carbocycles. The highest BCUT2D eigenvalue weighted by molar-refractivity contribution is 7.17.